The van der Waals surface area contributed by atoms with E-state index in [1.165, 1.54) is 12.1 Å². The molecule has 1 amide bonds. The summed E-state index contributed by atoms with van der Waals surface area (Å²) in [7, 11) is -3.57. The van der Waals surface area contributed by atoms with Crippen molar-refractivity contribution in [3.8, 4) is 0 Å². The van der Waals surface area contributed by atoms with Crippen LogP contribution in [-0.2, 0) is 14.8 Å². The van der Waals surface area contributed by atoms with Crippen LogP contribution in [0.4, 0.5) is 5.69 Å². The van der Waals surface area contributed by atoms with E-state index in [0.29, 0.717) is 31.5 Å². The van der Waals surface area contributed by atoms with E-state index in [9.17, 15) is 13.2 Å². The van der Waals surface area contributed by atoms with E-state index in [1.807, 2.05) is 6.92 Å². The second kappa shape index (κ2) is 9.78. The molecule has 1 rings (SSSR count). The standard InChI is InChI=1S/C14H23N3O3S.ClH/c1-3-11(2)17-21(19,20)13-7-4-6-12(10-13)16-14(18)8-5-9-15;/h4,6-7,10-11,17H,3,5,8-9,15H2,1-2H3,(H,16,18);1H. The van der Waals surface area contributed by atoms with Gasteiger partial charge in [0.15, 0.2) is 0 Å². The highest BCUT2D eigenvalue weighted by Crippen LogP contribution is 2.16. The minimum absolute atomic E-state index is 0. The van der Waals surface area contributed by atoms with Crippen molar-refractivity contribution in [2.75, 3.05) is 11.9 Å². The Morgan fingerprint density at radius 1 is 1.36 bits per heavy atom. The molecule has 1 unspecified atom stereocenters. The summed E-state index contributed by atoms with van der Waals surface area (Å²) in [6, 6.07) is 6.07. The molecule has 0 saturated heterocycles. The van der Waals surface area contributed by atoms with Gasteiger partial charge in [0.25, 0.3) is 0 Å². The lowest BCUT2D eigenvalue weighted by atomic mass is 10.2. The van der Waals surface area contributed by atoms with Crippen molar-refractivity contribution >= 4 is 34.0 Å². The van der Waals surface area contributed by atoms with E-state index in [4.69, 9.17) is 5.73 Å². The second-order valence-electron chi connectivity index (χ2n) is 4.90. The van der Waals surface area contributed by atoms with Gasteiger partial charge in [-0.1, -0.05) is 13.0 Å². The third-order valence-electron chi connectivity index (χ3n) is 3.00. The predicted molar refractivity (Wildman–Crippen MR) is 90.7 cm³/mol. The number of carbonyl (C=O) groups is 1. The number of amides is 1. The lowest BCUT2D eigenvalue weighted by molar-refractivity contribution is -0.116. The molecule has 0 spiro atoms. The molecule has 0 saturated carbocycles. The quantitative estimate of drug-likeness (QED) is 0.666. The molecule has 1 atom stereocenters. The lowest BCUT2D eigenvalue weighted by Gasteiger charge is -2.13. The number of hydrogen-bond donors (Lipinski definition) is 3. The van der Waals surface area contributed by atoms with Crippen LogP contribution < -0.4 is 15.8 Å². The number of nitrogens with two attached hydrogens (primary N) is 1. The van der Waals surface area contributed by atoms with E-state index in [2.05, 4.69) is 10.0 Å². The fourth-order valence-electron chi connectivity index (χ4n) is 1.64. The van der Waals surface area contributed by atoms with Crippen LogP contribution in [0.5, 0.6) is 0 Å². The monoisotopic (exact) mass is 349 g/mol. The lowest BCUT2D eigenvalue weighted by Crippen LogP contribution is -2.32. The first-order valence-corrected chi connectivity index (χ1v) is 8.49. The molecular weight excluding hydrogens is 326 g/mol. The topological polar surface area (TPSA) is 101 Å². The van der Waals surface area contributed by atoms with Gasteiger partial charge in [0, 0.05) is 18.2 Å². The zero-order valence-electron chi connectivity index (χ0n) is 12.8. The molecule has 8 heteroatoms. The average Bonchev–Trinajstić information content (AvgIpc) is 2.44. The van der Waals surface area contributed by atoms with E-state index in [-0.39, 0.29) is 29.3 Å². The zero-order valence-corrected chi connectivity index (χ0v) is 14.5. The number of hydrogen-bond acceptors (Lipinski definition) is 4. The number of sulfonamides is 1. The van der Waals surface area contributed by atoms with Crippen LogP contribution in [0.2, 0.25) is 0 Å². The Bertz CT molecular complexity index is 578. The number of rotatable bonds is 8. The van der Waals surface area contributed by atoms with Crippen molar-refractivity contribution < 1.29 is 13.2 Å². The van der Waals surface area contributed by atoms with E-state index >= 15 is 0 Å². The summed E-state index contributed by atoms with van der Waals surface area (Å²) in [5.41, 5.74) is 5.81. The van der Waals surface area contributed by atoms with Gasteiger partial charge in [-0.25, -0.2) is 13.1 Å². The van der Waals surface area contributed by atoms with Gasteiger partial charge in [-0.2, -0.15) is 0 Å². The first kappa shape index (κ1) is 20.9. The molecule has 0 radical (unpaired) electrons. The Labute approximate surface area is 138 Å². The van der Waals surface area contributed by atoms with Crippen LogP contribution >= 0.6 is 12.4 Å². The summed E-state index contributed by atoms with van der Waals surface area (Å²) >= 11 is 0. The van der Waals surface area contributed by atoms with E-state index < -0.39 is 10.0 Å². The minimum Gasteiger partial charge on any atom is -0.330 e. The van der Waals surface area contributed by atoms with Gasteiger partial charge < -0.3 is 11.1 Å². The van der Waals surface area contributed by atoms with Gasteiger partial charge in [-0.15, -0.1) is 12.4 Å². The van der Waals surface area contributed by atoms with Crippen LogP contribution in [-0.4, -0.2) is 26.9 Å². The van der Waals surface area contributed by atoms with Crippen LogP contribution in [0.25, 0.3) is 0 Å². The molecule has 0 aliphatic carbocycles. The maximum Gasteiger partial charge on any atom is 0.240 e. The van der Waals surface area contributed by atoms with E-state index in [0.717, 1.165) is 0 Å². The minimum atomic E-state index is -3.57. The molecule has 0 fully saturated rings. The highest BCUT2D eigenvalue weighted by atomic mass is 35.5. The highest BCUT2D eigenvalue weighted by molar-refractivity contribution is 7.89. The molecule has 0 heterocycles. The van der Waals surface area contributed by atoms with Crippen LogP contribution in [0.3, 0.4) is 0 Å². The molecule has 0 aliphatic rings. The van der Waals surface area contributed by atoms with Crippen molar-refractivity contribution in [3.05, 3.63) is 24.3 Å². The number of carbonyl (C=O) groups excluding carboxylic acids is 1. The van der Waals surface area contributed by atoms with Gasteiger partial charge in [0.05, 0.1) is 4.90 Å². The van der Waals surface area contributed by atoms with E-state index in [1.54, 1.807) is 19.1 Å². The van der Waals surface area contributed by atoms with Gasteiger partial charge in [-0.05, 0) is 44.5 Å². The van der Waals surface area contributed by atoms with Crippen molar-refractivity contribution in [3.63, 3.8) is 0 Å². The zero-order chi connectivity index (χ0) is 15.9. The number of benzene rings is 1. The van der Waals surface area contributed by atoms with Crippen LogP contribution in [0, 0.1) is 0 Å². The molecule has 22 heavy (non-hydrogen) atoms. The van der Waals surface area contributed by atoms with Crippen LogP contribution in [0.15, 0.2) is 29.2 Å². The van der Waals surface area contributed by atoms with Crippen molar-refractivity contribution in [1.29, 1.82) is 0 Å². The summed E-state index contributed by atoms with van der Waals surface area (Å²) in [5.74, 6) is -0.176. The molecule has 1 aromatic rings. The second-order valence-corrected chi connectivity index (χ2v) is 6.61. The Hall–Kier alpha value is -1.15. The fourth-order valence-corrected chi connectivity index (χ4v) is 3.02. The van der Waals surface area contributed by atoms with Crippen molar-refractivity contribution in [2.24, 2.45) is 5.73 Å². The van der Waals surface area contributed by atoms with Gasteiger partial charge in [0.2, 0.25) is 15.9 Å². The molecule has 4 N–H and O–H groups in total. The maximum atomic E-state index is 12.2. The highest BCUT2D eigenvalue weighted by Gasteiger charge is 2.17. The van der Waals surface area contributed by atoms with Crippen molar-refractivity contribution in [2.45, 2.75) is 44.0 Å². The van der Waals surface area contributed by atoms with Gasteiger partial charge in [-0.3, -0.25) is 4.79 Å². The Kier molecular flexibility index (Phi) is 9.27. The first-order chi connectivity index (χ1) is 9.89. The Balaban J connectivity index is 0.00000441. The molecule has 0 aliphatic heterocycles. The normalized spacial score (nSPS) is 12.3. The van der Waals surface area contributed by atoms with Gasteiger partial charge >= 0.3 is 0 Å². The summed E-state index contributed by atoms with van der Waals surface area (Å²) in [6.45, 7) is 4.15. The summed E-state index contributed by atoms with van der Waals surface area (Å²) in [4.78, 5) is 11.8. The third-order valence-corrected chi connectivity index (χ3v) is 4.59. The summed E-state index contributed by atoms with van der Waals surface area (Å²) in [5, 5.41) is 2.67. The number of anilines is 1. The SMILES string of the molecule is CCC(C)NS(=O)(=O)c1cccc(NC(=O)CCCN)c1.Cl. The number of halogens is 1. The molecule has 0 bridgehead atoms. The third kappa shape index (κ3) is 6.74. The first-order valence-electron chi connectivity index (χ1n) is 7.01. The average molecular weight is 350 g/mol. The molecule has 0 aromatic heterocycles. The Morgan fingerprint density at radius 2 is 2.05 bits per heavy atom. The molecule has 126 valence electrons. The molecule has 6 nitrogen and oxygen atoms in total. The van der Waals surface area contributed by atoms with Crippen LogP contribution in [0.1, 0.15) is 33.1 Å². The molecule has 1 aromatic carbocycles. The fraction of sp³-hybridized carbons (Fsp3) is 0.500. The summed E-state index contributed by atoms with van der Waals surface area (Å²) < 4.78 is 26.9. The smallest absolute Gasteiger partial charge is 0.240 e. The molecular formula is C14H24ClN3O3S. The number of nitrogens with one attached hydrogen (secondary N) is 2. The van der Waals surface area contributed by atoms with Gasteiger partial charge in [0.1, 0.15) is 0 Å². The maximum absolute atomic E-state index is 12.2. The van der Waals surface area contributed by atoms with Crippen molar-refractivity contribution in [1.82, 2.24) is 4.72 Å². The largest absolute Gasteiger partial charge is 0.330 e. The predicted octanol–water partition coefficient (Wildman–Crippen LogP) is 1.86. The summed E-state index contributed by atoms with van der Waals surface area (Å²) in [6.07, 6.45) is 1.62. The Morgan fingerprint density at radius 3 is 2.64 bits per heavy atom.